The number of ether oxygens (including phenoxy) is 1. The summed E-state index contributed by atoms with van der Waals surface area (Å²) in [5, 5.41) is 12.0. The molecule has 1 fully saturated rings. The Hall–Kier alpha value is -1.30. The number of hydrogen-bond acceptors (Lipinski definition) is 3. The van der Waals surface area contributed by atoms with Crippen LogP contribution >= 0.6 is 0 Å². The number of carboxylic acids is 1. The van der Waals surface area contributed by atoms with Crippen LogP contribution in [0.2, 0.25) is 0 Å². The highest BCUT2D eigenvalue weighted by atomic mass is 16.5. The number of nitrogens with zero attached hydrogens (tertiary/aromatic N) is 1. The fraction of sp³-hybridized carbons (Fsp3) is 0.857. The minimum Gasteiger partial charge on any atom is -0.480 e. The maximum atomic E-state index is 12.1. The smallest absolute Gasteiger partial charge is 0.329 e. The molecule has 116 valence electrons. The summed E-state index contributed by atoms with van der Waals surface area (Å²) >= 11 is 0. The van der Waals surface area contributed by atoms with Gasteiger partial charge in [0.25, 0.3) is 0 Å². The van der Waals surface area contributed by atoms with Crippen LogP contribution in [0.15, 0.2) is 0 Å². The Balaban J connectivity index is 2.41. The van der Waals surface area contributed by atoms with Crippen LogP contribution < -0.4 is 5.32 Å². The van der Waals surface area contributed by atoms with Crippen molar-refractivity contribution in [2.75, 3.05) is 19.7 Å². The van der Waals surface area contributed by atoms with Crippen LogP contribution in [0.3, 0.4) is 0 Å². The van der Waals surface area contributed by atoms with E-state index in [1.54, 1.807) is 6.92 Å². The van der Waals surface area contributed by atoms with Crippen molar-refractivity contribution < 1.29 is 19.4 Å². The Bertz CT molecular complexity index is 338. The molecule has 0 spiro atoms. The number of carbonyl (C=O) groups is 2. The van der Waals surface area contributed by atoms with E-state index in [4.69, 9.17) is 4.74 Å². The lowest BCUT2D eigenvalue weighted by atomic mass is 10.0. The van der Waals surface area contributed by atoms with E-state index in [0.717, 1.165) is 25.9 Å². The van der Waals surface area contributed by atoms with Gasteiger partial charge in [-0.15, -0.1) is 0 Å². The Morgan fingerprint density at radius 3 is 2.60 bits per heavy atom. The molecule has 1 aliphatic rings. The van der Waals surface area contributed by atoms with E-state index >= 15 is 0 Å². The minimum atomic E-state index is -1.21. The molecule has 0 aliphatic carbocycles. The second kappa shape index (κ2) is 7.47. The van der Waals surface area contributed by atoms with Crippen LogP contribution in [-0.2, 0) is 9.53 Å². The number of nitrogens with one attached hydrogen (secondary N) is 1. The maximum absolute atomic E-state index is 12.1. The van der Waals surface area contributed by atoms with Gasteiger partial charge in [-0.2, -0.15) is 0 Å². The van der Waals surface area contributed by atoms with E-state index in [9.17, 15) is 14.7 Å². The number of carboxylic acid groups (broad SMARTS) is 1. The molecule has 6 nitrogen and oxygen atoms in total. The summed E-state index contributed by atoms with van der Waals surface area (Å²) in [6, 6.07) is -0.337. The first kappa shape index (κ1) is 16.8. The number of likely N-dealkylation sites (N-methyl/N-ethyl adjacent to an activating group) is 1. The number of aliphatic carboxylic acids is 1. The van der Waals surface area contributed by atoms with E-state index in [1.807, 2.05) is 0 Å². The van der Waals surface area contributed by atoms with Crippen LogP contribution in [0.1, 0.15) is 46.5 Å². The number of carbonyl (C=O) groups excluding carboxylic acids is 1. The summed E-state index contributed by atoms with van der Waals surface area (Å²) < 4.78 is 5.59. The van der Waals surface area contributed by atoms with Crippen LogP contribution in [0.5, 0.6) is 0 Å². The molecule has 1 unspecified atom stereocenters. The Labute approximate surface area is 120 Å². The zero-order chi connectivity index (χ0) is 15.2. The molecule has 0 aromatic heterocycles. The standard InChI is InChI=1S/C14H26N2O4/c1-4-16(14(2,3)12(17)18)13(19)15-9-8-11-7-5-6-10-20-11/h11H,4-10H2,1-3H3,(H,15,19)(H,17,18). The predicted molar refractivity (Wildman–Crippen MR) is 75.7 cm³/mol. The first-order chi connectivity index (χ1) is 9.39. The molecule has 0 saturated carbocycles. The number of rotatable bonds is 6. The van der Waals surface area contributed by atoms with E-state index in [-0.39, 0.29) is 12.1 Å². The van der Waals surface area contributed by atoms with Crippen molar-refractivity contribution in [2.45, 2.75) is 58.1 Å². The largest absolute Gasteiger partial charge is 0.480 e. The first-order valence-corrected chi connectivity index (χ1v) is 7.30. The molecule has 0 aromatic carbocycles. The fourth-order valence-corrected chi connectivity index (χ4v) is 2.38. The molecule has 2 amide bonds. The normalized spacial score (nSPS) is 19.4. The van der Waals surface area contributed by atoms with Gasteiger partial charge in [-0.25, -0.2) is 9.59 Å². The molecular formula is C14H26N2O4. The third kappa shape index (κ3) is 4.37. The van der Waals surface area contributed by atoms with Crippen LogP contribution in [0, 0.1) is 0 Å². The minimum absolute atomic E-state index is 0.214. The van der Waals surface area contributed by atoms with Gasteiger partial charge in [-0.1, -0.05) is 0 Å². The molecule has 1 heterocycles. The second-order valence-corrected chi connectivity index (χ2v) is 5.62. The van der Waals surface area contributed by atoms with Crippen LogP contribution in [0.25, 0.3) is 0 Å². The molecule has 1 aliphatic heterocycles. The highest BCUT2D eigenvalue weighted by Crippen LogP contribution is 2.16. The van der Waals surface area contributed by atoms with Crippen molar-refractivity contribution in [3.63, 3.8) is 0 Å². The quantitative estimate of drug-likeness (QED) is 0.781. The summed E-state index contributed by atoms with van der Waals surface area (Å²) in [6.07, 6.45) is 4.31. The fourth-order valence-electron chi connectivity index (χ4n) is 2.38. The van der Waals surface area contributed by atoms with Gasteiger partial charge in [0, 0.05) is 19.7 Å². The molecular weight excluding hydrogens is 260 g/mol. The summed E-state index contributed by atoms with van der Waals surface area (Å²) in [4.78, 5) is 24.6. The van der Waals surface area contributed by atoms with Gasteiger partial charge in [0.2, 0.25) is 0 Å². The van der Waals surface area contributed by atoms with Crippen LogP contribution in [-0.4, -0.2) is 53.3 Å². The van der Waals surface area contributed by atoms with Gasteiger partial charge in [-0.05, 0) is 46.5 Å². The van der Waals surface area contributed by atoms with Crippen molar-refractivity contribution >= 4 is 12.0 Å². The van der Waals surface area contributed by atoms with Gasteiger partial charge in [0.05, 0.1) is 6.10 Å². The Morgan fingerprint density at radius 2 is 2.10 bits per heavy atom. The van der Waals surface area contributed by atoms with E-state index in [2.05, 4.69) is 5.32 Å². The highest BCUT2D eigenvalue weighted by molar-refractivity contribution is 5.85. The first-order valence-electron chi connectivity index (χ1n) is 7.30. The average Bonchev–Trinajstić information content (AvgIpc) is 2.40. The molecule has 6 heteroatoms. The Morgan fingerprint density at radius 1 is 1.40 bits per heavy atom. The molecule has 2 N–H and O–H groups in total. The predicted octanol–water partition coefficient (Wildman–Crippen LogP) is 1.84. The highest BCUT2D eigenvalue weighted by Gasteiger charge is 2.36. The van der Waals surface area contributed by atoms with Gasteiger partial charge < -0.3 is 20.1 Å². The molecule has 0 aromatic rings. The summed E-state index contributed by atoms with van der Waals surface area (Å²) in [5.74, 6) is -1.01. The van der Waals surface area contributed by atoms with E-state index in [0.29, 0.717) is 13.1 Å². The van der Waals surface area contributed by atoms with Crippen molar-refractivity contribution in [3.05, 3.63) is 0 Å². The van der Waals surface area contributed by atoms with Crippen molar-refractivity contribution in [3.8, 4) is 0 Å². The zero-order valence-electron chi connectivity index (χ0n) is 12.6. The third-order valence-electron chi connectivity index (χ3n) is 3.78. The van der Waals surface area contributed by atoms with Crippen molar-refractivity contribution in [1.82, 2.24) is 10.2 Å². The van der Waals surface area contributed by atoms with Gasteiger partial charge in [0.15, 0.2) is 0 Å². The Kier molecular flexibility index (Phi) is 6.26. The number of hydrogen-bond donors (Lipinski definition) is 2. The molecule has 1 atom stereocenters. The van der Waals surface area contributed by atoms with Gasteiger partial charge in [0.1, 0.15) is 5.54 Å². The topological polar surface area (TPSA) is 78.9 Å². The van der Waals surface area contributed by atoms with E-state index in [1.165, 1.54) is 25.2 Å². The van der Waals surface area contributed by atoms with Crippen molar-refractivity contribution in [1.29, 1.82) is 0 Å². The molecule has 20 heavy (non-hydrogen) atoms. The summed E-state index contributed by atoms with van der Waals surface area (Å²) in [6.45, 7) is 6.49. The average molecular weight is 286 g/mol. The van der Waals surface area contributed by atoms with Gasteiger partial charge in [-0.3, -0.25) is 0 Å². The maximum Gasteiger partial charge on any atom is 0.329 e. The molecule has 1 rings (SSSR count). The van der Waals surface area contributed by atoms with Crippen molar-refractivity contribution in [2.24, 2.45) is 0 Å². The van der Waals surface area contributed by atoms with Crippen LogP contribution in [0.4, 0.5) is 4.79 Å². The lowest BCUT2D eigenvalue weighted by molar-refractivity contribution is -0.147. The number of amides is 2. The zero-order valence-corrected chi connectivity index (χ0v) is 12.6. The number of urea groups is 1. The molecule has 0 radical (unpaired) electrons. The second-order valence-electron chi connectivity index (χ2n) is 5.62. The molecule has 0 bridgehead atoms. The lowest BCUT2D eigenvalue weighted by Crippen LogP contribution is -2.56. The van der Waals surface area contributed by atoms with Gasteiger partial charge >= 0.3 is 12.0 Å². The summed E-state index contributed by atoms with van der Waals surface area (Å²) in [5.41, 5.74) is -1.21. The monoisotopic (exact) mass is 286 g/mol. The summed E-state index contributed by atoms with van der Waals surface area (Å²) in [7, 11) is 0. The SMILES string of the molecule is CCN(C(=O)NCCC1CCCCO1)C(C)(C)C(=O)O. The van der Waals surface area contributed by atoms with E-state index < -0.39 is 11.5 Å². The molecule has 1 saturated heterocycles. The lowest BCUT2D eigenvalue weighted by Gasteiger charge is -2.34. The third-order valence-corrected chi connectivity index (χ3v) is 3.78.